The molecule has 1 aliphatic heterocycles. The fourth-order valence-electron chi connectivity index (χ4n) is 3.72. The van der Waals surface area contributed by atoms with Crippen LogP contribution in [0, 0.1) is 11.7 Å². The third kappa shape index (κ3) is 6.14. The summed E-state index contributed by atoms with van der Waals surface area (Å²) in [5, 5.41) is 0. The molecule has 34 heavy (non-hydrogen) atoms. The number of alkyl halides is 3. The Morgan fingerprint density at radius 2 is 1.65 bits per heavy atom. The first kappa shape index (κ1) is 25.7. The lowest BCUT2D eigenvalue weighted by atomic mass is 9.89. The Morgan fingerprint density at radius 1 is 1.06 bits per heavy atom. The van der Waals surface area contributed by atoms with Crippen molar-refractivity contribution in [3.05, 3.63) is 59.4 Å². The molecule has 184 valence electrons. The molecule has 0 atom stereocenters. The van der Waals surface area contributed by atoms with E-state index < -0.39 is 60.3 Å². The molecule has 0 saturated carbocycles. The van der Waals surface area contributed by atoms with E-state index in [4.69, 9.17) is 0 Å². The van der Waals surface area contributed by atoms with Crippen molar-refractivity contribution < 1.29 is 43.9 Å². The summed E-state index contributed by atoms with van der Waals surface area (Å²) in [6.45, 7) is 0.0648. The molecule has 1 aliphatic rings. The van der Waals surface area contributed by atoms with Crippen LogP contribution in [0.15, 0.2) is 47.4 Å². The lowest BCUT2D eigenvalue weighted by Crippen LogP contribution is -2.41. The summed E-state index contributed by atoms with van der Waals surface area (Å²) in [6.07, 6.45) is -3.96. The number of halogens is 4. The summed E-state index contributed by atoms with van der Waals surface area (Å²) in [4.78, 5) is 13.8. The van der Waals surface area contributed by atoms with E-state index in [0.29, 0.717) is 11.6 Å². The molecule has 0 aliphatic carbocycles. The van der Waals surface area contributed by atoms with Crippen LogP contribution < -0.4 is 4.74 Å². The minimum Gasteiger partial charge on any atom is -0.405 e. The topological polar surface area (TPSA) is 97.8 Å². The van der Waals surface area contributed by atoms with Crippen molar-refractivity contribution in [1.82, 2.24) is 4.90 Å². The molecule has 1 amide bonds. The predicted octanol–water partition coefficient (Wildman–Crippen LogP) is 3.08. The lowest BCUT2D eigenvalue weighted by molar-refractivity contribution is -0.274. The Hall–Kier alpha value is -2.93. The van der Waals surface area contributed by atoms with Crippen molar-refractivity contribution in [3.8, 4) is 5.75 Å². The second-order valence-corrected chi connectivity index (χ2v) is 10.6. The SMILES string of the molecule is CS(=O)(=O)c1ccc(C(=O)N2CCC(C(c3ccc(F)cc3)=S(=O)=O)CC2)c(OC(F)(F)F)c1. The Balaban J connectivity index is 1.83. The van der Waals surface area contributed by atoms with Crippen LogP contribution >= 0.6 is 0 Å². The molecule has 0 spiro atoms. The van der Waals surface area contributed by atoms with Crippen LogP contribution in [-0.4, -0.2) is 58.2 Å². The molecule has 0 radical (unpaired) electrons. The second-order valence-electron chi connectivity index (χ2n) is 7.65. The number of ether oxygens (including phenoxy) is 1. The second kappa shape index (κ2) is 9.74. The number of sulfone groups is 1. The Labute approximate surface area is 194 Å². The maximum absolute atomic E-state index is 13.2. The average molecular weight is 522 g/mol. The Kier molecular flexibility index (Phi) is 7.36. The molecular formula is C21H19F4NO6S2. The molecule has 0 aromatic heterocycles. The molecule has 2 aromatic rings. The fraction of sp³-hybridized carbons (Fsp3) is 0.333. The van der Waals surface area contributed by atoms with Crippen LogP contribution in [0.3, 0.4) is 0 Å². The largest absolute Gasteiger partial charge is 0.573 e. The maximum atomic E-state index is 13.2. The van der Waals surface area contributed by atoms with Gasteiger partial charge in [0, 0.05) is 25.3 Å². The molecule has 1 heterocycles. The van der Waals surface area contributed by atoms with E-state index >= 15 is 0 Å². The molecule has 0 bridgehead atoms. The molecule has 0 N–H and O–H groups in total. The first-order valence-corrected chi connectivity index (χ1v) is 12.8. The van der Waals surface area contributed by atoms with E-state index in [2.05, 4.69) is 4.74 Å². The van der Waals surface area contributed by atoms with E-state index in [-0.39, 0.29) is 30.8 Å². The molecule has 3 rings (SSSR count). The first-order valence-electron chi connectivity index (χ1n) is 9.87. The highest BCUT2D eigenvalue weighted by atomic mass is 32.2. The number of hydrogen-bond donors (Lipinski definition) is 0. The quantitative estimate of drug-likeness (QED) is 0.341. The van der Waals surface area contributed by atoms with Crippen LogP contribution in [0.2, 0.25) is 0 Å². The molecule has 7 nitrogen and oxygen atoms in total. The van der Waals surface area contributed by atoms with Crippen LogP contribution in [-0.2, 0) is 20.1 Å². The molecule has 2 aromatic carbocycles. The molecule has 0 unspecified atom stereocenters. The van der Waals surface area contributed by atoms with Gasteiger partial charge in [0.1, 0.15) is 11.6 Å². The van der Waals surface area contributed by atoms with Crippen molar-refractivity contribution in [1.29, 1.82) is 0 Å². The van der Waals surface area contributed by atoms with Crippen molar-refractivity contribution in [2.75, 3.05) is 19.3 Å². The molecular weight excluding hydrogens is 502 g/mol. The standard InChI is InChI=1S/C21H19F4NO6S2/c1-34(30,31)16-6-7-17(18(12-16)32-21(23,24)25)20(27)26-10-8-14(9-11-26)19(33(28)29)13-2-4-15(22)5-3-13/h2-7,12,14H,8-11H2,1H3. The third-order valence-electron chi connectivity index (χ3n) is 5.30. The molecule has 13 heteroatoms. The number of amides is 1. The van der Waals surface area contributed by atoms with Crippen LogP contribution in [0.25, 0.3) is 0 Å². The Morgan fingerprint density at radius 3 is 2.15 bits per heavy atom. The van der Waals surface area contributed by atoms with Gasteiger partial charge in [-0.25, -0.2) is 12.8 Å². The van der Waals surface area contributed by atoms with E-state index in [1.165, 1.54) is 17.0 Å². The zero-order chi connectivity index (χ0) is 25.3. The summed E-state index contributed by atoms with van der Waals surface area (Å²) in [6, 6.07) is 7.54. The normalized spacial score (nSPS) is 15.1. The smallest absolute Gasteiger partial charge is 0.405 e. The van der Waals surface area contributed by atoms with Crippen LogP contribution in [0.1, 0.15) is 28.8 Å². The van der Waals surface area contributed by atoms with Gasteiger partial charge in [-0.05, 0) is 48.7 Å². The highest BCUT2D eigenvalue weighted by Gasteiger charge is 2.35. The average Bonchev–Trinajstić information content (AvgIpc) is 2.73. The van der Waals surface area contributed by atoms with Gasteiger partial charge in [-0.1, -0.05) is 12.1 Å². The van der Waals surface area contributed by atoms with Crippen molar-refractivity contribution in [2.45, 2.75) is 24.1 Å². The highest BCUT2D eigenvalue weighted by Crippen LogP contribution is 2.31. The van der Waals surface area contributed by atoms with Crippen LogP contribution in [0.5, 0.6) is 5.75 Å². The summed E-state index contributed by atoms with van der Waals surface area (Å²) >= 11 is 0. The number of rotatable bonds is 5. The van der Waals surface area contributed by atoms with Crippen molar-refractivity contribution in [2.24, 2.45) is 5.92 Å². The van der Waals surface area contributed by atoms with Gasteiger partial charge in [-0.2, -0.15) is 8.42 Å². The van der Waals surface area contributed by atoms with E-state index in [1.54, 1.807) is 0 Å². The summed E-state index contributed by atoms with van der Waals surface area (Å²) in [5.41, 5.74) is -0.157. The number of hydrogen-bond acceptors (Lipinski definition) is 6. The first-order chi connectivity index (χ1) is 15.8. The minimum atomic E-state index is -5.16. The molecule has 1 fully saturated rings. The zero-order valence-electron chi connectivity index (χ0n) is 17.7. The monoisotopic (exact) mass is 521 g/mol. The summed E-state index contributed by atoms with van der Waals surface area (Å²) in [5.74, 6) is -2.77. The zero-order valence-corrected chi connectivity index (χ0v) is 19.3. The van der Waals surface area contributed by atoms with Gasteiger partial charge in [0.2, 0.25) is 10.3 Å². The van der Waals surface area contributed by atoms with Gasteiger partial charge in [0.05, 0.1) is 15.3 Å². The van der Waals surface area contributed by atoms with E-state index in [1.807, 2.05) is 0 Å². The van der Waals surface area contributed by atoms with Gasteiger partial charge in [0.25, 0.3) is 5.91 Å². The fourth-order valence-corrected chi connectivity index (χ4v) is 5.19. The van der Waals surface area contributed by atoms with Gasteiger partial charge < -0.3 is 9.64 Å². The maximum Gasteiger partial charge on any atom is 0.573 e. The van der Waals surface area contributed by atoms with E-state index in [9.17, 15) is 39.2 Å². The van der Waals surface area contributed by atoms with Crippen molar-refractivity contribution in [3.63, 3.8) is 0 Å². The van der Waals surface area contributed by atoms with Gasteiger partial charge in [-0.15, -0.1) is 13.2 Å². The number of nitrogens with zero attached hydrogens (tertiary/aromatic N) is 1. The number of carbonyl (C=O) groups excluding carboxylic acids is 1. The lowest BCUT2D eigenvalue weighted by Gasteiger charge is -2.32. The van der Waals surface area contributed by atoms with Gasteiger partial charge >= 0.3 is 6.36 Å². The van der Waals surface area contributed by atoms with Gasteiger partial charge in [0.15, 0.2) is 9.84 Å². The third-order valence-corrected chi connectivity index (χ3v) is 7.34. The van der Waals surface area contributed by atoms with Gasteiger partial charge in [-0.3, -0.25) is 4.79 Å². The summed E-state index contributed by atoms with van der Waals surface area (Å²) in [7, 11) is -6.46. The van der Waals surface area contributed by atoms with Crippen LogP contribution in [0.4, 0.5) is 17.6 Å². The summed E-state index contributed by atoms with van der Waals surface area (Å²) < 4.78 is 103. The number of carbonyl (C=O) groups is 1. The number of likely N-dealkylation sites (tertiary alicyclic amines) is 1. The van der Waals surface area contributed by atoms with E-state index in [0.717, 1.165) is 30.5 Å². The number of benzene rings is 2. The predicted molar refractivity (Wildman–Crippen MR) is 114 cm³/mol. The molecule has 1 saturated heterocycles. The minimum absolute atomic E-state index is 0.0324. The Bertz CT molecular complexity index is 1320. The van der Waals surface area contributed by atoms with Crippen molar-refractivity contribution >= 4 is 30.9 Å². The highest BCUT2D eigenvalue weighted by molar-refractivity contribution is 7.90. The number of piperidine rings is 1.